The minimum atomic E-state index is 1.00. The number of hydrogen-bond acceptors (Lipinski definition) is 2. The summed E-state index contributed by atoms with van der Waals surface area (Å²) in [5, 5.41) is 15.3. The molecule has 0 amide bonds. The van der Waals surface area contributed by atoms with Gasteiger partial charge in [-0.05, 0) is 11.6 Å². The van der Waals surface area contributed by atoms with Crippen LogP contribution in [0.5, 0.6) is 0 Å². The molecule has 0 fully saturated rings. The van der Waals surface area contributed by atoms with E-state index in [-0.39, 0.29) is 0 Å². The molecule has 1 aromatic rings. The zero-order chi connectivity index (χ0) is 8.53. The van der Waals surface area contributed by atoms with Gasteiger partial charge in [0.1, 0.15) is 0 Å². The summed E-state index contributed by atoms with van der Waals surface area (Å²) in [6, 6.07) is 9.64. The van der Waals surface area contributed by atoms with Crippen LogP contribution in [0.1, 0.15) is 5.56 Å². The van der Waals surface area contributed by atoms with Crippen LogP contribution < -0.4 is 0 Å². The zero-order valence-corrected chi connectivity index (χ0v) is 6.44. The first-order valence-corrected chi connectivity index (χ1v) is 3.24. The molecule has 0 aliphatic heterocycles. The average molecular weight is 152 g/mol. The third-order valence-corrected chi connectivity index (χ3v) is 1.07. The molecule has 2 heteroatoms. The van der Waals surface area contributed by atoms with Gasteiger partial charge in [0.25, 0.3) is 0 Å². The Bertz CT molecular complexity index is 192. The van der Waals surface area contributed by atoms with Crippen molar-refractivity contribution < 1.29 is 10.2 Å². The number of aliphatic hydroxyl groups excluding tert-OH is 2. The molecule has 0 aromatic heterocycles. The van der Waals surface area contributed by atoms with Crippen molar-refractivity contribution in [1.82, 2.24) is 0 Å². The summed E-state index contributed by atoms with van der Waals surface area (Å²) in [7, 11) is 1.00. The Morgan fingerprint density at radius 2 is 1.64 bits per heavy atom. The highest BCUT2D eigenvalue weighted by molar-refractivity contribution is 5.47. The largest absolute Gasteiger partial charge is 0.516 e. The SMILES string of the molecule is CO.O/C=C\c1ccccc1. The van der Waals surface area contributed by atoms with Crippen molar-refractivity contribution in [3.05, 3.63) is 42.2 Å². The number of hydrogen-bond donors (Lipinski definition) is 2. The third-order valence-electron chi connectivity index (χ3n) is 1.07. The highest BCUT2D eigenvalue weighted by Gasteiger charge is 1.78. The van der Waals surface area contributed by atoms with Crippen molar-refractivity contribution in [3.8, 4) is 0 Å². The molecule has 60 valence electrons. The Morgan fingerprint density at radius 3 is 2.09 bits per heavy atom. The molecular formula is C9H12O2. The van der Waals surface area contributed by atoms with Gasteiger partial charge in [-0.2, -0.15) is 0 Å². The molecule has 0 unspecified atom stereocenters. The highest BCUT2D eigenvalue weighted by atomic mass is 16.2. The monoisotopic (exact) mass is 152 g/mol. The minimum absolute atomic E-state index is 1.00. The molecule has 0 radical (unpaired) electrons. The molecule has 2 N–H and O–H groups in total. The summed E-state index contributed by atoms with van der Waals surface area (Å²) < 4.78 is 0. The van der Waals surface area contributed by atoms with Crippen molar-refractivity contribution in [1.29, 1.82) is 0 Å². The number of rotatable bonds is 1. The van der Waals surface area contributed by atoms with Gasteiger partial charge in [-0.3, -0.25) is 0 Å². The van der Waals surface area contributed by atoms with Gasteiger partial charge in [0.15, 0.2) is 0 Å². The number of aliphatic hydroxyl groups is 2. The fourth-order valence-electron chi connectivity index (χ4n) is 0.650. The lowest BCUT2D eigenvalue weighted by Gasteiger charge is -1.86. The fourth-order valence-corrected chi connectivity index (χ4v) is 0.650. The van der Waals surface area contributed by atoms with E-state index in [2.05, 4.69) is 0 Å². The van der Waals surface area contributed by atoms with Crippen LogP contribution in [0.15, 0.2) is 36.6 Å². The second-order valence-corrected chi connectivity index (χ2v) is 1.73. The van der Waals surface area contributed by atoms with Gasteiger partial charge in [-0.1, -0.05) is 30.3 Å². The summed E-state index contributed by atoms with van der Waals surface area (Å²) in [5.41, 5.74) is 1.01. The van der Waals surface area contributed by atoms with Gasteiger partial charge in [0.05, 0.1) is 6.26 Å². The van der Waals surface area contributed by atoms with Crippen molar-refractivity contribution >= 4 is 6.08 Å². The van der Waals surface area contributed by atoms with Crippen LogP contribution >= 0.6 is 0 Å². The molecule has 0 atom stereocenters. The van der Waals surface area contributed by atoms with Gasteiger partial charge in [-0.15, -0.1) is 0 Å². The molecule has 0 spiro atoms. The van der Waals surface area contributed by atoms with Crippen LogP contribution in [0.4, 0.5) is 0 Å². The van der Waals surface area contributed by atoms with Crippen molar-refractivity contribution in [2.45, 2.75) is 0 Å². The summed E-state index contributed by atoms with van der Waals surface area (Å²) in [5.74, 6) is 0. The molecule has 0 saturated heterocycles. The van der Waals surface area contributed by atoms with Gasteiger partial charge >= 0.3 is 0 Å². The van der Waals surface area contributed by atoms with Crippen LogP contribution in [0.2, 0.25) is 0 Å². The Morgan fingerprint density at radius 1 is 1.09 bits per heavy atom. The fraction of sp³-hybridized carbons (Fsp3) is 0.111. The molecular weight excluding hydrogens is 140 g/mol. The van der Waals surface area contributed by atoms with Crippen molar-refractivity contribution in [3.63, 3.8) is 0 Å². The van der Waals surface area contributed by atoms with E-state index < -0.39 is 0 Å². The van der Waals surface area contributed by atoms with Crippen molar-refractivity contribution in [2.24, 2.45) is 0 Å². The van der Waals surface area contributed by atoms with E-state index in [9.17, 15) is 0 Å². The van der Waals surface area contributed by atoms with E-state index in [0.717, 1.165) is 18.9 Å². The van der Waals surface area contributed by atoms with E-state index >= 15 is 0 Å². The molecule has 11 heavy (non-hydrogen) atoms. The first-order valence-electron chi connectivity index (χ1n) is 3.24. The molecule has 2 nitrogen and oxygen atoms in total. The smallest absolute Gasteiger partial charge is 0.0797 e. The van der Waals surface area contributed by atoms with Crippen LogP contribution in [0.25, 0.3) is 6.08 Å². The topological polar surface area (TPSA) is 40.5 Å². The van der Waals surface area contributed by atoms with Crippen LogP contribution in [-0.4, -0.2) is 17.3 Å². The zero-order valence-electron chi connectivity index (χ0n) is 6.44. The predicted molar refractivity (Wildman–Crippen MR) is 46.2 cm³/mol. The second-order valence-electron chi connectivity index (χ2n) is 1.73. The molecule has 1 rings (SSSR count). The molecule has 0 heterocycles. The Hall–Kier alpha value is -1.28. The predicted octanol–water partition coefficient (Wildman–Crippen LogP) is 1.82. The molecule has 0 bridgehead atoms. The summed E-state index contributed by atoms with van der Waals surface area (Å²) in [6.45, 7) is 0. The van der Waals surface area contributed by atoms with Crippen molar-refractivity contribution in [2.75, 3.05) is 7.11 Å². The van der Waals surface area contributed by atoms with E-state index in [1.54, 1.807) is 6.08 Å². The van der Waals surface area contributed by atoms with Crippen LogP contribution in [0, 0.1) is 0 Å². The van der Waals surface area contributed by atoms with Crippen LogP contribution in [0.3, 0.4) is 0 Å². The molecule has 0 aliphatic carbocycles. The Kier molecular flexibility index (Phi) is 6.04. The molecule has 0 aliphatic rings. The highest BCUT2D eigenvalue weighted by Crippen LogP contribution is 1.98. The Balaban J connectivity index is 0.000000461. The average Bonchev–Trinajstić information content (AvgIpc) is 2.11. The Labute approximate surface area is 66.4 Å². The maximum absolute atomic E-state index is 8.34. The van der Waals surface area contributed by atoms with E-state index in [1.807, 2.05) is 30.3 Å². The third kappa shape index (κ3) is 4.17. The molecule has 1 aromatic carbocycles. The lowest BCUT2D eigenvalue weighted by atomic mass is 10.2. The van der Waals surface area contributed by atoms with Crippen LogP contribution in [-0.2, 0) is 0 Å². The summed E-state index contributed by atoms with van der Waals surface area (Å²) >= 11 is 0. The minimum Gasteiger partial charge on any atom is -0.516 e. The quantitative estimate of drug-likeness (QED) is 0.602. The maximum Gasteiger partial charge on any atom is 0.0797 e. The first-order chi connectivity index (χ1) is 5.43. The van der Waals surface area contributed by atoms with E-state index in [0.29, 0.717) is 0 Å². The van der Waals surface area contributed by atoms with E-state index in [4.69, 9.17) is 10.2 Å². The molecule has 0 saturated carbocycles. The summed E-state index contributed by atoms with van der Waals surface area (Å²) in [4.78, 5) is 0. The second kappa shape index (κ2) is 6.83. The number of benzene rings is 1. The lowest BCUT2D eigenvalue weighted by Crippen LogP contribution is -1.66. The van der Waals surface area contributed by atoms with Gasteiger partial charge in [-0.25, -0.2) is 0 Å². The maximum atomic E-state index is 8.34. The van der Waals surface area contributed by atoms with Gasteiger partial charge in [0, 0.05) is 7.11 Å². The standard InChI is InChI=1S/C8H8O.CH4O/c9-7-6-8-4-2-1-3-5-8;1-2/h1-7,9H;2H,1H3/b7-6-;. The lowest BCUT2D eigenvalue weighted by molar-refractivity contribution is 0.399. The first kappa shape index (κ1) is 9.72. The van der Waals surface area contributed by atoms with E-state index in [1.165, 1.54) is 0 Å². The summed E-state index contributed by atoms with van der Waals surface area (Å²) in [6.07, 6.45) is 2.68. The van der Waals surface area contributed by atoms with Gasteiger partial charge in [0.2, 0.25) is 0 Å². The normalized spacial score (nSPS) is 8.91. The van der Waals surface area contributed by atoms with Gasteiger partial charge < -0.3 is 10.2 Å².